The number of hydrogen-bond acceptors (Lipinski definition) is 5. The number of hydrogen-bond donors (Lipinski definition) is 3. The maximum absolute atomic E-state index is 12.0. The Kier molecular flexibility index (Phi) is 5.77. The van der Waals surface area contributed by atoms with Crippen LogP contribution in [0.25, 0.3) is 0 Å². The second-order valence-electron chi connectivity index (χ2n) is 4.15. The summed E-state index contributed by atoms with van der Waals surface area (Å²) in [5, 5.41) is 0. The SMILES string of the molecule is CCOC(=O)NNC(=O)c1[nH]c(C)c(C(=O)OCC)c1C. The van der Waals surface area contributed by atoms with Gasteiger partial charge in [0.15, 0.2) is 0 Å². The number of carbonyl (C=O) groups is 3. The summed E-state index contributed by atoms with van der Waals surface area (Å²) in [6.07, 6.45) is -0.766. The van der Waals surface area contributed by atoms with Gasteiger partial charge in [0.1, 0.15) is 5.69 Å². The summed E-state index contributed by atoms with van der Waals surface area (Å²) in [4.78, 5) is 37.7. The zero-order chi connectivity index (χ0) is 16.0. The van der Waals surface area contributed by atoms with Gasteiger partial charge in [-0.05, 0) is 33.3 Å². The number of ether oxygens (including phenoxy) is 2. The average Bonchev–Trinajstić information content (AvgIpc) is 2.72. The molecule has 0 bridgehead atoms. The summed E-state index contributed by atoms with van der Waals surface area (Å²) in [6.45, 7) is 7.06. The molecule has 0 aliphatic carbocycles. The number of aromatic amines is 1. The molecule has 0 atom stereocenters. The number of rotatable bonds is 4. The van der Waals surface area contributed by atoms with Crippen LogP contribution in [-0.2, 0) is 9.47 Å². The van der Waals surface area contributed by atoms with Crippen LogP contribution in [0.3, 0.4) is 0 Å². The van der Waals surface area contributed by atoms with Crippen molar-refractivity contribution in [3.63, 3.8) is 0 Å². The maximum atomic E-state index is 12.0. The van der Waals surface area contributed by atoms with Crippen LogP contribution < -0.4 is 10.9 Å². The van der Waals surface area contributed by atoms with E-state index in [1.165, 1.54) is 0 Å². The molecule has 8 heteroatoms. The van der Waals surface area contributed by atoms with Crippen molar-refractivity contribution in [2.45, 2.75) is 27.7 Å². The fourth-order valence-corrected chi connectivity index (χ4v) is 1.82. The molecule has 0 aromatic carbocycles. The molecule has 1 rings (SSSR count). The first-order valence-electron chi connectivity index (χ1n) is 6.51. The van der Waals surface area contributed by atoms with E-state index < -0.39 is 18.0 Å². The molecular weight excluding hydrogens is 278 g/mol. The van der Waals surface area contributed by atoms with Gasteiger partial charge in [-0.2, -0.15) is 0 Å². The Balaban J connectivity index is 2.84. The van der Waals surface area contributed by atoms with Crippen molar-refractivity contribution >= 4 is 18.0 Å². The van der Waals surface area contributed by atoms with Gasteiger partial charge < -0.3 is 14.5 Å². The van der Waals surface area contributed by atoms with E-state index in [9.17, 15) is 14.4 Å². The predicted molar refractivity (Wildman–Crippen MR) is 73.8 cm³/mol. The quantitative estimate of drug-likeness (QED) is 0.571. The highest BCUT2D eigenvalue weighted by molar-refractivity contribution is 6.00. The van der Waals surface area contributed by atoms with Crippen LogP contribution in [0.2, 0.25) is 0 Å². The Labute approximate surface area is 122 Å². The van der Waals surface area contributed by atoms with E-state index in [0.717, 1.165) is 0 Å². The molecule has 1 aromatic heterocycles. The van der Waals surface area contributed by atoms with Gasteiger partial charge in [-0.15, -0.1) is 0 Å². The number of esters is 1. The number of carbonyl (C=O) groups excluding carboxylic acids is 3. The third kappa shape index (κ3) is 3.98. The van der Waals surface area contributed by atoms with Gasteiger partial charge in [0.05, 0.1) is 18.8 Å². The predicted octanol–water partition coefficient (Wildman–Crippen LogP) is 1.20. The summed E-state index contributed by atoms with van der Waals surface area (Å²) in [5.41, 5.74) is 5.75. The Bertz CT molecular complexity index is 550. The van der Waals surface area contributed by atoms with Crippen molar-refractivity contribution in [2.24, 2.45) is 0 Å². The lowest BCUT2D eigenvalue weighted by atomic mass is 10.1. The van der Waals surface area contributed by atoms with Gasteiger partial charge in [-0.1, -0.05) is 0 Å². The Morgan fingerprint density at radius 3 is 2.24 bits per heavy atom. The normalized spacial score (nSPS) is 9.90. The van der Waals surface area contributed by atoms with E-state index in [2.05, 4.69) is 20.6 Å². The molecule has 0 saturated carbocycles. The number of hydrazine groups is 1. The van der Waals surface area contributed by atoms with Gasteiger partial charge >= 0.3 is 12.1 Å². The summed E-state index contributed by atoms with van der Waals surface area (Å²) < 4.78 is 9.54. The molecule has 116 valence electrons. The van der Waals surface area contributed by atoms with Crippen LogP contribution in [-0.4, -0.2) is 36.2 Å². The molecule has 0 radical (unpaired) electrons. The van der Waals surface area contributed by atoms with Gasteiger partial charge in [-0.3, -0.25) is 10.2 Å². The lowest BCUT2D eigenvalue weighted by Gasteiger charge is -2.07. The van der Waals surface area contributed by atoms with Crippen LogP contribution in [0.1, 0.15) is 46.0 Å². The van der Waals surface area contributed by atoms with Gasteiger partial charge in [0.25, 0.3) is 5.91 Å². The van der Waals surface area contributed by atoms with Crippen molar-refractivity contribution < 1.29 is 23.9 Å². The van der Waals surface area contributed by atoms with Crippen molar-refractivity contribution in [3.05, 3.63) is 22.5 Å². The lowest BCUT2D eigenvalue weighted by molar-refractivity contribution is 0.0525. The van der Waals surface area contributed by atoms with E-state index in [0.29, 0.717) is 16.8 Å². The second-order valence-corrected chi connectivity index (χ2v) is 4.15. The Hall–Kier alpha value is -2.51. The summed E-state index contributed by atoms with van der Waals surface area (Å²) >= 11 is 0. The van der Waals surface area contributed by atoms with Crippen molar-refractivity contribution in [1.29, 1.82) is 0 Å². The minimum absolute atomic E-state index is 0.173. The van der Waals surface area contributed by atoms with Crippen molar-refractivity contribution in [3.8, 4) is 0 Å². The molecule has 1 heterocycles. The molecular formula is C13H19N3O5. The van der Waals surface area contributed by atoms with Crippen LogP contribution in [0, 0.1) is 13.8 Å². The first-order valence-corrected chi connectivity index (χ1v) is 6.51. The highest BCUT2D eigenvalue weighted by Crippen LogP contribution is 2.18. The molecule has 0 fully saturated rings. The standard InChI is InChI=1S/C13H19N3O5/c1-5-20-12(18)9-7(3)10(14-8(9)4)11(17)15-16-13(19)21-6-2/h14H,5-6H2,1-4H3,(H,15,17)(H,16,19). The van der Waals surface area contributed by atoms with Crippen LogP contribution in [0.5, 0.6) is 0 Å². The van der Waals surface area contributed by atoms with E-state index in [1.807, 2.05) is 0 Å². The molecule has 0 aliphatic heterocycles. The summed E-state index contributed by atoms with van der Waals surface area (Å²) in [5.74, 6) is -1.08. The van der Waals surface area contributed by atoms with Crippen LogP contribution in [0.15, 0.2) is 0 Å². The topological polar surface area (TPSA) is 110 Å². The van der Waals surface area contributed by atoms with E-state index in [1.54, 1.807) is 27.7 Å². The Morgan fingerprint density at radius 1 is 1.05 bits per heavy atom. The third-order valence-corrected chi connectivity index (χ3v) is 2.70. The number of H-pyrrole nitrogens is 1. The molecule has 0 saturated heterocycles. The van der Waals surface area contributed by atoms with Gasteiger partial charge in [-0.25, -0.2) is 15.0 Å². The lowest BCUT2D eigenvalue weighted by Crippen LogP contribution is -2.42. The van der Waals surface area contributed by atoms with Gasteiger partial charge in [0.2, 0.25) is 0 Å². The average molecular weight is 297 g/mol. The molecule has 2 amide bonds. The van der Waals surface area contributed by atoms with Gasteiger partial charge in [0, 0.05) is 5.69 Å². The first kappa shape index (κ1) is 16.5. The molecule has 21 heavy (non-hydrogen) atoms. The minimum Gasteiger partial charge on any atom is -0.462 e. The minimum atomic E-state index is -0.766. The molecule has 0 unspecified atom stereocenters. The molecule has 3 N–H and O–H groups in total. The zero-order valence-corrected chi connectivity index (χ0v) is 12.5. The number of aromatic nitrogens is 1. The first-order chi connectivity index (χ1) is 9.92. The summed E-state index contributed by atoms with van der Waals surface area (Å²) in [6, 6.07) is 0. The highest BCUT2D eigenvalue weighted by Gasteiger charge is 2.23. The highest BCUT2D eigenvalue weighted by atomic mass is 16.6. The third-order valence-electron chi connectivity index (χ3n) is 2.70. The smallest absolute Gasteiger partial charge is 0.426 e. The van der Waals surface area contributed by atoms with Crippen molar-refractivity contribution in [2.75, 3.05) is 13.2 Å². The zero-order valence-electron chi connectivity index (χ0n) is 12.5. The Morgan fingerprint density at radius 2 is 1.67 bits per heavy atom. The molecule has 0 aliphatic rings. The molecule has 1 aromatic rings. The fourth-order valence-electron chi connectivity index (χ4n) is 1.82. The molecule has 8 nitrogen and oxygen atoms in total. The maximum Gasteiger partial charge on any atom is 0.426 e. The number of nitrogens with one attached hydrogen (secondary N) is 3. The van der Waals surface area contributed by atoms with Crippen LogP contribution >= 0.6 is 0 Å². The summed E-state index contributed by atoms with van der Waals surface area (Å²) in [7, 11) is 0. The number of aryl methyl sites for hydroxylation is 1. The van der Waals surface area contributed by atoms with E-state index >= 15 is 0 Å². The van der Waals surface area contributed by atoms with Crippen molar-refractivity contribution in [1.82, 2.24) is 15.8 Å². The largest absolute Gasteiger partial charge is 0.462 e. The van der Waals surface area contributed by atoms with E-state index in [-0.39, 0.29) is 18.9 Å². The molecule has 0 spiro atoms. The fraction of sp³-hybridized carbons (Fsp3) is 0.462. The number of amides is 2. The van der Waals surface area contributed by atoms with Crippen LogP contribution in [0.4, 0.5) is 4.79 Å². The second kappa shape index (κ2) is 7.32. The monoisotopic (exact) mass is 297 g/mol. The van der Waals surface area contributed by atoms with E-state index in [4.69, 9.17) is 4.74 Å².